The molecule has 2 heterocycles. The molecule has 2 aliphatic rings. The number of anilines is 1. The molecule has 0 aliphatic carbocycles. The summed E-state index contributed by atoms with van der Waals surface area (Å²) in [6, 6.07) is 6.44. The van der Waals surface area contributed by atoms with E-state index < -0.39 is 0 Å². The van der Waals surface area contributed by atoms with Crippen LogP contribution in [0.15, 0.2) is 18.2 Å². The van der Waals surface area contributed by atoms with Crippen LogP contribution >= 0.6 is 11.6 Å². The van der Waals surface area contributed by atoms with E-state index >= 15 is 0 Å². The second kappa shape index (κ2) is 5.62. The van der Waals surface area contributed by atoms with E-state index in [9.17, 15) is 4.79 Å². The van der Waals surface area contributed by atoms with E-state index in [1.165, 1.54) is 5.69 Å². The lowest BCUT2D eigenvalue weighted by atomic mass is 10.1. The summed E-state index contributed by atoms with van der Waals surface area (Å²) in [5, 5.41) is 3.99. The minimum Gasteiger partial charge on any atom is -0.367 e. The maximum atomic E-state index is 11.8. The molecule has 1 unspecified atom stereocenters. The first-order valence-corrected chi connectivity index (χ1v) is 7.55. The number of benzene rings is 1. The van der Waals surface area contributed by atoms with Crippen LogP contribution in [0.1, 0.15) is 18.4 Å². The van der Waals surface area contributed by atoms with E-state index in [1.807, 2.05) is 24.1 Å². The summed E-state index contributed by atoms with van der Waals surface area (Å²) in [4.78, 5) is 16.2. The number of nitrogens with zero attached hydrogens (tertiary/aromatic N) is 2. The van der Waals surface area contributed by atoms with Gasteiger partial charge in [0, 0.05) is 54.9 Å². The Bertz CT molecular complexity index is 520. The maximum Gasteiger partial charge on any atom is 0.223 e. The van der Waals surface area contributed by atoms with Gasteiger partial charge >= 0.3 is 0 Å². The highest BCUT2D eigenvalue weighted by Crippen LogP contribution is 2.31. The van der Waals surface area contributed by atoms with Crippen molar-refractivity contribution in [1.29, 1.82) is 0 Å². The van der Waals surface area contributed by atoms with Crippen LogP contribution < -0.4 is 10.2 Å². The lowest BCUT2D eigenvalue weighted by Crippen LogP contribution is -2.51. The molecule has 1 atom stereocenters. The van der Waals surface area contributed by atoms with Crippen molar-refractivity contribution in [2.24, 2.45) is 0 Å². The van der Waals surface area contributed by atoms with Crippen LogP contribution in [0.25, 0.3) is 0 Å². The van der Waals surface area contributed by atoms with Crippen LogP contribution in [-0.2, 0) is 11.3 Å². The molecule has 5 heteroatoms. The lowest BCUT2D eigenvalue weighted by Gasteiger charge is -2.39. The molecule has 2 aliphatic heterocycles. The Balaban J connectivity index is 1.83. The predicted molar refractivity (Wildman–Crippen MR) is 81.2 cm³/mol. The van der Waals surface area contributed by atoms with Gasteiger partial charge < -0.3 is 15.1 Å². The molecule has 0 aromatic heterocycles. The molecule has 0 radical (unpaired) electrons. The predicted octanol–water partition coefficient (Wildman–Crippen LogP) is 1.87. The average molecular weight is 294 g/mol. The maximum absolute atomic E-state index is 11.8. The fourth-order valence-electron chi connectivity index (χ4n) is 3.28. The topological polar surface area (TPSA) is 35.6 Å². The normalized spacial score (nSPS) is 22.3. The van der Waals surface area contributed by atoms with Gasteiger partial charge in [-0.2, -0.15) is 0 Å². The van der Waals surface area contributed by atoms with Crippen molar-refractivity contribution in [3.05, 3.63) is 28.8 Å². The quantitative estimate of drug-likeness (QED) is 0.924. The fourth-order valence-corrected chi connectivity index (χ4v) is 3.51. The summed E-state index contributed by atoms with van der Waals surface area (Å²) in [5.74, 6) is 0.316. The molecule has 1 aromatic rings. The van der Waals surface area contributed by atoms with Gasteiger partial charge in [0.1, 0.15) is 0 Å². The molecule has 0 saturated carbocycles. The van der Waals surface area contributed by atoms with Crippen molar-refractivity contribution in [3.63, 3.8) is 0 Å². The zero-order chi connectivity index (χ0) is 14.1. The number of rotatable bonds is 3. The van der Waals surface area contributed by atoms with Crippen LogP contribution in [0.3, 0.4) is 0 Å². The summed E-state index contributed by atoms with van der Waals surface area (Å²) < 4.78 is 0. The van der Waals surface area contributed by atoms with E-state index in [2.05, 4.69) is 16.3 Å². The van der Waals surface area contributed by atoms with Gasteiger partial charge in [-0.05, 0) is 25.6 Å². The number of hydrogen-bond donors (Lipinski definition) is 1. The Kier molecular flexibility index (Phi) is 3.85. The summed E-state index contributed by atoms with van der Waals surface area (Å²) in [6.45, 7) is 3.40. The third-order valence-corrected chi connectivity index (χ3v) is 4.64. The molecule has 20 heavy (non-hydrogen) atoms. The first-order chi connectivity index (χ1) is 9.70. The number of nitrogens with one attached hydrogen (secondary N) is 1. The van der Waals surface area contributed by atoms with Gasteiger partial charge in [0.2, 0.25) is 5.91 Å². The Morgan fingerprint density at radius 3 is 3.05 bits per heavy atom. The third kappa shape index (κ3) is 2.38. The molecular weight excluding hydrogens is 274 g/mol. The summed E-state index contributed by atoms with van der Waals surface area (Å²) >= 11 is 6.33. The second-order valence-corrected chi connectivity index (χ2v) is 5.90. The molecule has 1 aromatic carbocycles. The zero-order valence-electron chi connectivity index (χ0n) is 11.7. The van der Waals surface area contributed by atoms with Gasteiger partial charge in [-0.25, -0.2) is 0 Å². The van der Waals surface area contributed by atoms with Crippen LogP contribution in [0.4, 0.5) is 5.69 Å². The molecule has 3 rings (SSSR count). The van der Waals surface area contributed by atoms with E-state index in [4.69, 9.17) is 11.6 Å². The Morgan fingerprint density at radius 2 is 2.25 bits per heavy atom. The lowest BCUT2D eigenvalue weighted by molar-refractivity contribution is -0.129. The molecule has 4 nitrogen and oxygen atoms in total. The van der Waals surface area contributed by atoms with Gasteiger partial charge in [0.25, 0.3) is 0 Å². The Hall–Kier alpha value is -1.26. The fraction of sp³-hybridized carbons (Fsp3) is 0.533. The molecule has 1 amide bonds. The highest BCUT2D eigenvalue weighted by molar-refractivity contribution is 6.31. The van der Waals surface area contributed by atoms with Gasteiger partial charge in [0.05, 0.1) is 0 Å². The summed E-state index contributed by atoms with van der Waals surface area (Å²) in [5.41, 5.74) is 2.35. The first kappa shape index (κ1) is 13.7. The monoisotopic (exact) mass is 293 g/mol. The standard InChI is InChI=1S/C15H20ClN3O/c1-17-9-12-13(16)3-2-4-14(12)18-7-8-19-11(10-18)5-6-15(19)20/h2-4,11,17H,5-10H2,1H3. The smallest absolute Gasteiger partial charge is 0.223 e. The highest BCUT2D eigenvalue weighted by atomic mass is 35.5. The van der Waals surface area contributed by atoms with Crippen molar-refractivity contribution < 1.29 is 4.79 Å². The highest BCUT2D eigenvalue weighted by Gasteiger charge is 2.35. The Labute approximate surface area is 124 Å². The van der Waals surface area contributed by atoms with E-state index in [1.54, 1.807) is 0 Å². The van der Waals surface area contributed by atoms with Crippen molar-refractivity contribution in [2.45, 2.75) is 25.4 Å². The van der Waals surface area contributed by atoms with Gasteiger partial charge in [-0.3, -0.25) is 4.79 Å². The van der Waals surface area contributed by atoms with Crippen molar-refractivity contribution in [1.82, 2.24) is 10.2 Å². The molecule has 1 N–H and O–H groups in total. The van der Waals surface area contributed by atoms with E-state index in [-0.39, 0.29) is 0 Å². The van der Waals surface area contributed by atoms with Crippen LogP contribution in [-0.4, -0.2) is 43.5 Å². The number of amides is 1. The number of carbonyl (C=O) groups excluding carboxylic acids is 1. The van der Waals surface area contributed by atoms with Crippen LogP contribution in [0.5, 0.6) is 0 Å². The van der Waals surface area contributed by atoms with E-state index in [0.717, 1.165) is 43.2 Å². The minimum atomic E-state index is 0.316. The Morgan fingerprint density at radius 1 is 1.40 bits per heavy atom. The van der Waals surface area contributed by atoms with Gasteiger partial charge in [0.15, 0.2) is 0 Å². The number of piperazine rings is 1. The van der Waals surface area contributed by atoms with Gasteiger partial charge in [-0.15, -0.1) is 0 Å². The van der Waals surface area contributed by atoms with E-state index in [0.29, 0.717) is 18.4 Å². The number of fused-ring (bicyclic) bond motifs is 1. The number of carbonyl (C=O) groups is 1. The van der Waals surface area contributed by atoms with Crippen molar-refractivity contribution in [2.75, 3.05) is 31.6 Å². The molecule has 2 fully saturated rings. The second-order valence-electron chi connectivity index (χ2n) is 5.49. The zero-order valence-corrected chi connectivity index (χ0v) is 12.5. The average Bonchev–Trinajstić information content (AvgIpc) is 2.82. The largest absolute Gasteiger partial charge is 0.367 e. The summed E-state index contributed by atoms with van der Waals surface area (Å²) in [7, 11) is 1.93. The van der Waals surface area contributed by atoms with Gasteiger partial charge in [-0.1, -0.05) is 17.7 Å². The minimum absolute atomic E-state index is 0.316. The SMILES string of the molecule is CNCc1c(Cl)cccc1N1CCN2C(=O)CCC2C1. The molecular formula is C15H20ClN3O. The number of halogens is 1. The number of hydrogen-bond acceptors (Lipinski definition) is 3. The first-order valence-electron chi connectivity index (χ1n) is 7.17. The molecule has 0 bridgehead atoms. The molecule has 2 saturated heterocycles. The van der Waals surface area contributed by atoms with Crippen molar-refractivity contribution >= 4 is 23.2 Å². The van der Waals surface area contributed by atoms with Crippen molar-refractivity contribution in [3.8, 4) is 0 Å². The van der Waals surface area contributed by atoms with Crippen LogP contribution in [0.2, 0.25) is 5.02 Å². The molecule has 108 valence electrons. The molecule has 0 spiro atoms. The summed E-state index contributed by atoms with van der Waals surface area (Å²) in [6.07, 6.45) is 1.69. The van der Waals surface area contributed by atoms with Crippen LogP contribution in [0, 0.1) is 0 Å². The third-order valence-electron chi connectivity index (χ3n) is 4.28.